The van der Waals surface area contributed by atoms with Crippen LogP contribution >= 0.6 is 0 Å². The maximum atomic E-state index is 12.6. The summed E-state index contributed by atoms with van der Waals surface area (Å²) in [6, 6.07) is 6.17. The Labute approximate surface area is 58.8 Å². The number of benzene rings is 1. The molecule has 52 valence electrons. The molecule has 1 aromatic carbocycles. The minimum atomic E-state index is -0.373. The fourth-order valence-electron chi connectivity index (χ4n) is 0.630. The highest BCUT2D eigenvalue weighted by molar-refractivity contribution is 5.24. The molecule has 0 saturated heterocycles. The number of hydrogen-bond donors (Lipinski definition) is 0. The van der Waals surface area contributed by atoms with Crippen LogP contribution in [0.25, 0.3) is 0 Å². The van der Waals surface area contributed by atoms with Crippen LogP contribution in [-0.4, -0.2) is 0 Å². The Morgan fingerprint density at radius 2 is 2.10 bits per heavy atom. The van der Waals surface area contributed by atoms with E-state index in [1.54, 1.807) is 12.1 Å². The maximum Gasteiger partial charge on any atom is 0.165 e. The zero-order chi connectivity index (χ0) is 7.40. The van der Waals surface area contributed by atoms with E-state index in [2.05, 4.69) is 6.58 Å². The van der Waals surface area contributed by atoms with Crippen molar-refractivity contribution in [2.45, 2.75) is 0 Å². The van der Waals surface area contributed by atoms with Gasteiger partial charge in [0.1, 0.15) is 0 Å². The van der Waals surface area contributed by atoms with Crippen LogP contribution in [0.4, 0.5) is 4.39 Å². The summed E-state index contributed by atoms with van der Waals surface area (Å²) >= 11 is 0. The molecule has 0 aromatic heterocycles. The van der Waals surface area contributed by atoms with E-state index in [0.29, 0.717) is 0 Å². The van der Waals surface area contributed by atoms with E-state index >= 15 is 0 Å². The standard InChI is InChI=1S/C8H7FO/c1-2-10-8-6-4-3-5-7(8)9/h2-6H,1H2. The molecular weight excluding hydrogens is 131 g/mol. The van der Waals surface area contributed by atoms with Gasteiger partial charge < -0.3 is 4.74 Å². The lowest BCUT2D eigenvalue weighted by Crippen LogP contribution is -1.83. The van der Waals surface area contributed by atoms with Crippen LogP contribution in [0.1, 0.15) is 0 Å². The van der Waals surface area contributed by atoms with Crippen molar-refractivity contribution in [3.8, 4) is 5.75 Å². The van der Waals surface area contributed by atoms with Gasteiger partial charge in [-0.25, -0.2) is 4.39 Å². The molecule has 0 amide bonds. The van der Waals surface area contributed by atoms with Crippen molar-refractivity contribution in [2.75, 3.05) is 0 Å². The van der Waals surface area contributed by atoms with Crippen LogP contribution in [0.3, 0.4) is 0 Å². The Morgan fingerprint density at radius 3 is 2.70 bits per heavy atom. The highest BCUT2D eigenvalue weighted by Crippen LogP contribution is 2.14. The summed E-state index contributed by atoms with van der Waals surface area (Å²) in [7, 11) is 0. The third-order valence-electron chi connectivity index (χ3n) is 1.05. The van der Waals surface area contributed by atoms with Gasteiger partial charge >= 0.3 is 0 Å². The smallest absolute Gasteiger partial charge is 0.165 e. The summed E-state index contributed by atoms with van der Waals surface area (Å²) < 4.78 is 17.3. The number of rotatable bonds is 2. The Bertz CT molecular complexity index is 232. The zero-order valence-corrected chi connectivity index (χ0v) is 5.38. The van der Waals surface area contributed by atoms with E-state index < -0.39 is 0 Å². The van der Waals surface area contributed by atoms with Gasteiger partial charge in [-0.15, -0.1) is 0 Å². The molecule has 1 rings (SSSR count). The second-order valence-electron chi connectivity index (χ2n) is 1.71. The van der Waals surface area contributed by atoms with Crippen molar-refractivity contribution < 1.29 is 9.13 Å². The molecule has 0 aliphatic carbocycles. The van der Waals surface area contributed by atoms with Crippen molar-refractivity contribution in [1.82, 2.24) is 0 Å². The molecule has 0 bridgehead atoms. The van der Waals surface area contributed by atoms with Crippen molar-refractivity contribution >= 4 is 0 Å². The second-order valence-corrected chi connectivity index (χ2v) is 1.71. The molecule has 0 N–H and O–H groups in total. The van der Waals surface area contributed by atoms with Gasteiger partial charge in [-0.1, -0.05) is 18.7 Å². The van der Waals surface area contributed by atoms with E-state index in [1.807, 2.05) is 0 Å². The Balaban J connectivity index is 2.91. The summed E-state index contributed by atoms with van der Waals surface area (Å²) in [4.78, 5) is 0. The molecule has 0 aliphatic heterocycles. The van der Waals surface area contributed by atoms with Gasteiger partial charge in [-0.2, -0.15) is 0 Å². The topological polar surface area (TPSA) is 9.23 Å². The van der Waals surface area contributed by atoms with Gasteiger partial charge in [0, 0.05) is 0 Å². The lowest BCUT2D eigenvalue weighted by Gasteiger charge is -1.98. The van der Waals surface area contributed by atoms with E-state index in [0.717, 1.165) is 0 Å². The molecular formula is C8H7FO. The molecule has 10 heavy (non-hydrogen) atoms. The summed E-state index contributed by atoms with van der Waals surface area (Å²) in [6.45, 7) is 3.31. The molecule has 0 heterocycles. The summed E-state index contributed by atoms with van der Waals surface area (Å²) in [5.74, 6) is -0.167. The van der Waals surface area contributed by atoms with E-state index in [9.17, 15) is 4.39 Å². The predicted octanol–water partition coefficient (Wildman–Crippen LogP) is 2.35. The third-order valence-corrected chi connectivity index (χ3v) is 1.05. The largest absolute Gasteiger partial charge is 0.463 e. The number of ether oxygens (including phenoxy) is 1. The lowest BCUT2D eigenvalue weighted by atomic mass is 10.3. The summed E-state index contributed by atoms with van der Waals surface area (Å²) in [5, 5.41) is 0. The lowest BCUT2D eigenvalue weighted by molar-refractivity contribution is 0.442. The minimum absolute atomic E-state index is 0.206. The molecule has 0 atom stereocenters. The van der Waals surface area contributed by atoms with Crippen LogP contribution in [-0.2, 0) is 0 Å². The van der Waals surface area contributed by atoms with Gasteiger partial charge in [-0.05, 0) is 12.1 Å². The van der Waals surface area contributed by atoms with Crippen molar-refractivity contribution in [3.05, 3.63) is 42.9 Å². The van der Waals surface area contributed by atoms with Crippen LogP contribution in [0.15, 0.2) is 37.1 Å². The number of hydrogen-bond acceptors (Lipinski definition) is 1. The van der Waals surface area contributed by atoms with Crippen LogP contribution < -0.4 is 4.74 Å². The molecule has 0 saturated carbocycles. The predicted molar refractivity (Wildman–Crippen MR) is 37.2 cm³/mol. The molecule has 2 heteroatoms. The first-order valence-corrected chi connectivity index (χ1v) is 2.86. The van der Waals surface area contributed by atoms with Gasteiger partial charge in [0.05, 0.1) is 6.26 Å². The van der Waals surface area contributed by atoms with Gasteiger partial charge in [0.2, 0.25) is 0 Å². The normalized spacial score (nSPS) is 8.90. The Morgan fingerprint density at radius 1 is 1.40 bits per heavy atom. The quantitative estimate of drug-likeness (QED) is 0.570. The average molecular weight is 138 g/mol. The molecule has 0 unspecified atom stereocenters. The Kier molecular flexibility index (Phi) is 2.05. The average Bonchev–Trinajstić information content (AvgIpc) is 1.94. The first-order valence-electron chi connectivity index (χ1n) is 2.86. The third kappa shape index (κ3) is 1.35. The van der Waals surface area contributed by atoms with Gasteiger partial charge in [0.15, 0.2) is 11.6 Å². The number of para-hydroxylation sites is 1. The van der Waals surface area contributed by atoms with Crippen LogP contribution in [0, 0.1) is 5.82 Å². The van der Waals surface area contributed by atoms with Crippen molar-refractivity contribution in [3.63, 3.8) is 0 Å². The van der Waals surface area contributed by atoms with Crippen LogP contribution in [0.2, 0.25) is 0 Å². The number of halogens is 1. The van der Waals surface area contributed by atoms with Crippen molar-refractivity contribution in [1.29, 1.82) is 0 Å². The summed E-state index contributed by atoms with van der Waals surface area (Å²) in [5.41, 5.74) is 0. The fraction of sp³-hybridized carbons (Fsp3) is 0. The molecule has 0 aliphatic rings. The van der Waals surface area contributed by atoms with E-state index in [4.69, 9.17) is 4.74 Å². The second kappa shape index (κ2) is 3.01. The summed E-state index contributed by atoms with van der Waals surface area (Å²) in [6.07, 6.45) is 1.19. The first kappa shape index (κ1) is 6.81. The fourth-order valence-corrected chi connectivity index (χ4v) is 0.630. The highest BCUT2D eigenvalue weighted by Gasteiger charge is 1.96. The molecule has 0 fully saturated rings. The molecule has 1 nitrogen and oxygen atoms in total. The van der Waals surface area contributed by atoms with E-state index in [-0.39, 0.29) is 11.6 Å². The first-order chi connectivity index (χ1) is 4.84. The van der Waals surface area contributed by atoms with Gasteiger partial charge in [0.25, 0.3) is 0 Å². The van der Waals surface area contributed by atoms with Crippen molar-refractivity contribution in [2.24, 2.45) is 0 Å². The molecule has 1 aromatic rings. The monoisotopic (exact) mass is 138 g/mol. The highest BCUT2D eigenvalue weighted by atomic mass is 19.1. The molecule has 0 radical (unpaired) electrons. The minimum Gasteiger partial charge on any atom is -0.463 e. The Hall–Kier alpha value is -1.31. The van der Waals surface area contributed by atoms with Gasteiger partial charge in [-0.3, -0.25) is 0 Å². The molecule has 0 spiro atoms. The maximum absolute atomic E-state index is 12.6. The zero-order valence-electron chi connectivity index (χ0n) is 5.38. The van der Waals surface area contributed by atoms with E-state index in [1.165, 1.54) is 18.4 Å². The van der Waals surface area contributed by atoms with Crippen LogP contribution in [0.5, 0.6) is 5.75 Å². The SMILES string of the molecule is C=COc1ccccc1F.